The predicted octanol–water partition coefficient (Wildman–Crippen LogP) is 1.26. The van der Waals surface area contributed by atoms with Crippen LogP contribution in [0.2, 0.25) is 0 Å². The molecule has 0 aliphatic carbocycles. The molecule has 1 aromatic rings. The number of hydrogen-bond donors (Lipinski definition) is 1. The third kappa shape index (κ3) is 4.35. The number of nitrogens with zero attached hydrogens (tertiary/aromatic N) is 2. The molecule has 17 heavy (non-hydrogen) atoms. The number of hydrogen-bond acceptors (Lipinski definition) is 4. The average molecular weight is 300 g/mol. The topological polar surface area (TPSA) is 37.4 Å². The summed E-state index contributed by atoms with van der Waals surface area (Å²) in [7, 11) is 2.13. The molecule has 1 atom stereocenters. The van der Waals surface area contributed by atoms with E-state index in [1.165, 1.54) is 5.56 Å². The van der Waals surface area contributed by atoms with E-state index in [0.29, 0.717) is 6.10 Å². The average Bonchev–Trinajstić information content (AvgIpc) is 2.29. The second kappa shape index (κ2) is 6.44. The van der Waals surface area contributed by atoms with Crippen molar-refractivity contribution >= 4 is 15.9 Å². The Hall–Kier alpha value is -0.490. The van der Waals surface area contributed by atoms with Gasteiger partial charge in [-0.2, -0.15) is 0 Å². The SMILES string of the molecule is CN1CCO[C@H](CNCc2cncc(Br)c2)C1. The molecule has 0 aromatic carbocycles. The lowest BCUT2D eigenvalue weighted by Crippen LogP contribution is -2.44. The van der Waals surface area contributed by atoms with Crippen LogP contribution in [0, 0.1) is 0 Å². The molecule has 0 spiro atoms. The standard InChI is InChI=1S/C12H18BrN3O/c1-16-2-3-17-12(9-16)8-15-6-10-4-11(13)7-14-5-10/h4-5,7,12,15H,2-3,6,8-9H2,1H3/t12-/m1/s1. The maximum atomic E-state index is 5.68. The molecule has 1 aliphatic rings. The van der Waals surface area contributed by atoms with Crippen LogP contribution >= 0.6 is 15.9 Å². The van der Waals surface area contributed by atoms with Crippen molar-refractivity contribution in [2.45, 2.75) is 12.6 Å². The van der Waals surface area contributed by atoms with Gasteiger partial charge in [0.2, 0.25) is 0 Å². The van der Waals surface area contributed by atoms with Crippen molar-refractivity contribution in [2.24, 2.45) is 0 Å². The van der Waals surface area contributed by atoms with Gasteiger partial charge in [-0.1, -0.05) is 0 Å². The van der Waals surface area contributed by atoms with Gasteiger partial charge in [0.1, 0.15) is 0 Å². The Kier molecular flexibility index (Phi) is 4.91. The van der Waals surface area contributed by atoms with E-state index in [1.54, 1.807) is 6.20 Å². The number of likely N-dealkylation sites (N-methyl/N-ethyl adjacent to an activating group) is 1. The summed E-state index contributed by atoms with van der Waals surface area (Å²) in [6, 6.07) is 2.08. The molecule has 0 unspecified atom stereocenters. The molecule has 94 valence electrons. The van der Waals surface area contributed by atoms with Crippen LogP contribution in [0.25, 0.3) is 0 Å². The number of rotatable bonds is 4. The van der Waals surface area contributed by atoms with E-state index in [-0.39, 0.29) is 0 Å². The first kappa shape index (κ1) is 13.0. The Balaban J connectivity index is 1.72. The molecule has 1 N–H and O–H groups in total. The molecule has 1 aromatic heterocycles. The highest BCUT2D eigenvalue weighted by Crippen LogP contribution is 2.09. The monoisotopic (exact) mass is 299 g/mol. The van der Waals surface area contributed by atoms with Gasteiger partial charge >= 0.3 is 0 Å². The molecule has 1 fully saturated rings. The van der Waals surface area contributed by atoms with E-state index in [9.17, 15) is 0 Å². The number of ether oxygens (including phenoxy) is 1. The highest BCUT2D eigenvalue weighted by atomic mass is 79.9. The summed E-state index contributed by atoms with van der Waals surface area (Å²) < 4.78 is 6.70. The number of aromatic nitrogens is 1. The molecule has 2 heterocycles. The zero-order chi connectivity index (χ0) is 12.1. The second-order valence-corrected chi connectivity index (χ2v) is 5.31. The lowest BCUT2D eigenvalue weighted by molar-refractivity contribution is -0.0182. The lowest BCUT2D eigenvalue weighted by atomic mass is 10.2. The molecular weight excluding hydrogens is 282 g/mol. The van der Waals surface area contributed by atoms with Crippen LogP contribution in [0.1, 0.15) is 5.56 Å². The van der Waals surface area contributed by atoms with E-state index in [4.69, 9.17) is 4.74 Å². The van der Waals surface area contributed by atoms with Gasteiger partial charge in [-0.3, -0.25) is 4.98 Å². The van der Waals surface area contributed by atoms with Gasteiger partial charge in [-0.25, -0.2) is 0 Å². The Labute approximate surface area is 110 Å². The molecule has 4 nitrogen and oxygen atoms in total. The summed E-state index contributed by atoms with van der Waals surface area (Å²) in [6.07, 6.45) is 3.97. The Morgan fingerprint density at radius 3 is 3.24 bits per heavy atom. The number of pyridine rings is 1. The largest absolute Gasteiger partial charge is 0.374 e. The molecule has 0 bridgehead atoms. The van der Waals surface area contributed by atoms with Crippen molar-refractivity contribution in [3.63, 3.8) is 0 Å². The van der Waals surface area contributed by atoms with E-state index in [2.05, 4.69) is 44.2 Å². The number of morpholine rings is 1. The first-order valence-corrected chi connectivity index (χ1v) is 6.63. The van der Waals surface area contributed by atoms with Crippen molar-refractivity contribution < 1.29 is 4.74 Å². The summed E-state index contributed by atoms with van der Waals surface area (Å²) >= 11 is 3.42. The summed E-state index contributed by atoms with van der Waals surface area (Å²) in [6.45, 7) is 4.59. The maximum Gasteiger partial charge on any atom is 0.0826 e. The van der Waals surface area contributed by atoms with Gasteiger partial charge in [0, 0.05) is 43.0 Å². The Morgan fingerprint density at radius 2 is 2.47 bits per heavy atom. The zero-order valence-electron chi connectivity index (χ0n) is 10.0. The number of nitrogens with one attached hydrogen (secondary N) is 1. The fourth-order valence-electron chi connectivity index (χ4n) is 1.92. The van der Waals surface area contributed by atoms with Gasteiger partial charge in [0.15, 0.2) is 0 Å². The summed E-state index contributed by atoms with van der Waals surface area (Å²) in [5.41, 5.74) is 1.18. The van der Waals surface area contributed by atoms with Crippen LogP contribution in [-0.2, 0) is 11.3 Å². The van der Waals surface area contributed by atoms with Crippen LogP contribution in [-0.4, -0.2) is 49.3 Å². The summed E-state index contributed by atoms with van der Waals surface area (Å²) in [5.74, 6) is 0. The molecule has 1 aliphatic heterocycles. The van der Waals surface area contributed by atoms with Crippen LogP contribution in [0.5, 0.6) is 0 Å². The Bertz CT molecular complexity index is 361. The molecule has 1 saturated heterocycles. The third-order valence-corrected chi connectivity index (χ3v) is 3.24. The van der Waals surface area contributed by atoms with Crippen molar-refractivity contribution in [3.05, 3.63) is 28.5 Å². The molecule has 0 saturated carbocycles. The van der Waals surface area contributed by atoms with E-state index in [1.807, 2.05) is 6.20 Å². The van der Waals surface area contributed by atoms with E-state index in [0.717, 1.165) is 37.3 Å². The van der Waals surface area contributed by atoms with Crippen LogP contribution in [0.4, 0.5) is 0 Å². The molecule has 0 radical (unpaired) electrons. The smallest absolute Gasteiger partial charge is 0.0826 e. The van der Waals surface area contributed by atoms with E-state index < -0.39 is 0 Å². The second-order valence-electron chi connectivity index (χ2n) is 4.40. The van der Waals surface area contributed by atoms with E-state index >= 15 is 0 Å². The van der Waals surface area contributed by atoms with Gasteiger partial charge in [0.05, 0.1) is 12.7 Å². The minimum absolute atomic E-state index is 0.300. The van der Waals surface area contributed by atoms with Crippen LogP contribution in [0.15, 0.2) is 22.9 Å². The summed E-state index contributed by atoms with van der Waals surface area (Å²) in [4.78, 5) is 6.44. The van der Waals surface area contributed by atoms with Gasteiger partial charge < -0.3 is 15.0 Å². The normalized spacial score (nSPS) is 21.6. The zero-order valence-corrected chi connectivity index (χ0v) is 11.6. The molecular formula is C12H18BrN3O. The van der Waals surface area contributed by atoms with Crippen molar-refractivity contribution in [1.82, 2.24) is 15.2 Å². The Morgan fingerprint density at radius 1 is 1.59 bits per heavy atom. The predicted molar refractivity (Wildman–Crippen MR) is 70.9 cm³/mol. The van der Waals surface area contributed by atoms with Crippen molar-refractivity contribution in [2.75, 3.05) is 33.3 Å². The molecule has 0 amide bonds. The lowest BCUT2D eigenvalue weighted by Gasteiger charge is -2.30. The minimum Gasteiger partial charge on any atom is -0.374 e. The van der Waals surface area contributed by atoms with Crippen LogP contribution < -0.4 is 5.32 Å². The quantitative estimate of drug-likeness (QED) is 0.908. The third-order valence-electron chi connectivity index (χ3n) is 2.80. The van der Waals surface area contributed by atoms with Crippen molar-refractivity contribution in [3.8, 4) is 0 Å². The van der Waals surface area contributed by atoms with Gasteiger partial charge in [0.25, 0.3) is 0 Å². The van der Waals surface area contributed by atoms with Crippen LogP contribution in [0.3, 0.4) is 0 Å². The summed E-state index contributed by atoms with van der Waals surface area (Å²) in [5, 5.41) is 3.41. The molecule has 2 rings (SSSR count). The van der Waals surface area contributed by atoms with Gasteiger partial charge in [-0.05, 0) is 34.6 Å². The highest BCUT2D eigenvalue weighted by molar-refractivity contribution is 9.10. The molecule has 5 heteroatoms. The number of halogens is 1. The fraction of sp³-hybridized carbons (Fsp3) is 0.583. The first-order chi connectivity index (χ1) is 8.24. The minimum atomic E-state index is 0.300. The van der Waals surface area contributed by atoms with Crippen molar-refractivity contribution in [1.29, 1.82) is 0 Å². The first-order valence-electron chi connectivity index (χ1n) is 5.84. The highest BCUT2D eigenvalue weighted by Gasteiger charge is 2.16. The maximum absolute atomic E-state index is 5.68. The van der Waals surface area contributed by atoms with Gasteiger partial charge in [-0.15, -0.1) is 0 Å². The fourth-order valence-corrected chi connectivity index (χ4v) is 2.33.